The highest BCUT2D eigenvalue weighted by Gasteiger charge is 2.15. The third-order valence-corrected chi connectivity index (χ3v) is 3.90. The quantitative estimate of drug-likeness (QED) is 0.793. The number of halogens is 1. The van der Waals surface area contributed by atoms with Crippen LogP contribution in [0.2, 0.25) is 0 Å². The number of rotatable bonds is 5. The van der Waals surface area contributed by atoms with Crippen LogP contribution in [0.25, 0.3) is 11.3 Å². The van der Waals surface area contributed by atoms with E-state index in [0.717, 1.165) is 36.5 Å². The summed E-state index contributed by atoms with van der Waals surface area (Å²) >= 11 is 0. The Morgan fingerprint density at radius 2 is 2.27 bits per heavy atom. The molecule has 0 radical (unpaired) electrons. The Hall–Kier alpha value is -1.85. The Labute approximate surface area is 136 Å². The van der Waals surface area contributed by atoms with E-state index in [1.807, 2.05) is 30.3 Å². The normalized spacial score (nSPS) is 17.0. The average Bonchev–Trinajstić information content (AvgIpc) is 3.19. The minimum atomic E-state index is 0. The summed E-state index contributed by atoms with van der Waals surface area (Å²) in [7, 11) is 0. The molecule has 3 N–H and O–H groups in total. The first kappa shape index (κ1) is 16.5. The molecule has 0 spiro atoms. The Bertz CT molecular complexity index is 594. The number of aromatic amines is 1. The highest BCUT2D eigenvalue weighted by molar-refractivity contribution is 5.91. The zero-order chi connectivity index (χ0) is 14.5. The Morgan fingerprint density at radius 3 is 3.00 bits per heavy atom. The smallest absolute Gasteiger partial charge is 0.224 e. The number of nitrogens with zero attached hydrogens (tertiary/aromatic N) is 1. The van der Waals surface area contributed by atoms with Crippen molar-refractivity contribution in [3.63, 3.8) is 0 Å². The van der Waals surface area contributed by atoms with Gasteiger partial charge in [0.15, 0.2) is 0 Å². The largest absolute Gasteiger partial charge is 0.326 e. The molecule has 1 unspecified atom stereocenters. The molecule has 22 heavy (non-hydrogen) atoms. The maximum absolute atomic E-state index is 12.0. The molecule has 1 aliphatic rings. The van der Waals surface area contributed by atoms with Crippen molar-refractivity contribution < 1.29 is 4.79 Å². The number of H-pyrrole nitrogens is 1. The van der Waals surface area contributed by atoms with E-state index in [9.17, 15) is 4.79 Å². The molecular weight excluding hydrogens is 300 g/mol. The van der Waals surface area contributed by atoms with Crippen molar-refractivity contribution in [3.8, 4) is 11.3 Å². The van der Waals surface area contributed by atoms with E-state index in [4.69, 9.17) is 0 Å². The van der Waals surface area contributed by atoms with Gasteiger partial charge in [-0.1, -0.05) is 12.1 Å². The van der Waals surface area contributed by atoms with Crippen molar-refractivity contribution in [2.45, 2.75) is 19.3 Å². The zero-order valence-electron chi connectivity index (χ0n) is 12.3. The average molecular weight is 321 g/mol. The van der Waals surface area contributed by atoms with Crippen LogP contribution in [0.3, 0.4) is 0 Å². The molecule has 118 valence electrons. The van der Waals surface area contributed by atoms with Crippen LogP contribution in [0.1, 0.15) is 19.3 Å². The summed E-state index contributed by atoms with van der Waals surface area (Å²) in [5, 5.41) is 13.2. The fourth-order valence-corrected chi connectivity index (χ4v) is 2.70. The molecule has 1 aromatic heterocycles. The van der Waals surface area contributed by atoms with Crippen LogP contribution in [-0.2, 0) is 4.79 Å². The van der Waals surface area contributed by atoms with Gasteiger partial charge in [-0.25, -0.2) is 0 Å². The predicted molar refractivity (Wildman–Crippen MR) is 90.1 cm³/mol. The van der Waals surface area contributed by atoms with E-state index in [0.29, 0.717) is 12.3 Å². The number of carbonyl (C=O) groups is 1. The maximum Gasteiger partial charge on any atom is 0.224 e. The van der Waals surface area contributed by atoms with Crippen molar-refractivity contribution in [3.05, 3.63) is 36.5 Å². The second-order valence-electron chi connectivity index (χ2n) is 5.50. The van der Waals surface area contributed by atoms with Crippen LogP contribution in [0.15, 0.2) is 36.5 Å². The number of amides is 1. The lowest BCUT2D eigenvalue weighted by molar-refractivity contribution is -0.116. The minimum absolute atomic E-state index is 0. The zero-order valence-corrected chi connectivity index (χ0v) is 13.2. The molecule has 6 heteroatoms. The summed E-state index contributed by atoms with van der Waals surface area (Å²) in [5.41, 5.74) is 2.80. The number of hydrogen-bond acceptors (Lipinski definition) is 3. The molecule has 0 saturated carbocycles. The Balaban J connectivity index is 0.00000176. The third-order valence-electron chi connectivity index (χ3n) is 3.90. The van der Waals surface area contributed by atoms with Crippen molar-refractivity contribution >= 4 is 24.0 Å². The van der Waals surface area contributed by atoms with Gasteiger partial charge in [0.25, 0.3) is 0 Å². The number of hydrogen-bond donors (Lipinski definition) is 3. The highest BCUT2D eigenvalue weighted by atomic mass is 35.5. The number of anilines is 1. The molecule has 1 aliphatic heterocycles. The number of nitrogens with one attached hydrogen (secondary N) is 3. The van der Waals surface area contributed by atoms with Gasteiger partial charge in [0.1, 0.15) is 0 Å². The van der Waals surface area contributed by atoms with Crippen LogP contribution >= 0.6 is 12.4 Å². The first-order valence-corrected chi connectivity index (χ1v) is 7.41. The molecular formula is C16H21ClN4O. The molecule has 1 amide bonds. The van der Waals surface area contributed by atoms with Crippen LogP contribution in [-0.4, -0.2) is 29.2 Å². The van der Waals surface area contributed by atoms with E-state index < -0.39 is 0 Å². The number of benzene rings is 1. The van der Waals surface area contributed by atoms with Gasteiger partial charge in [0, 0.05) is 23.9 Å². The van der Waals surface area contributed by atoms with E-state index >= 15 is 0 Å². The van der Waals surface area contributed by atoms with Gasteiger partial charge >= 0.3 is 0 Å². The molecule has 3 rings (SSSR count). The van der Waals surface area contributed by atoms with Crippen LogP contribution < -0.4 is 10.6 Å². The van der Waals surface area contributed by atoms with Crippen molar-refractivity contribution in [2.75, 3.05) is 18.4 Å². The fraction of sp³-hybridized carbons (Fsp3) is 0.375. The molecule has 1 saturated heterocycles. The van der Waals surface area contributed by atoms with E-state index in [2.05, 4.69) is 20.8 Å². The molecule has 1 atom stereocenters. The molecule has 2 heterocycles. The van der Waals surface area contributed by atoms with E-state index in [1.54, 1.807) is 6.20 Å². The number of carbonyl (C=O) groups excluding carboxylic acids is 1. The van der Waals surface area contributed by atoms with Gasteiger partial charge in [0.05, 0.1) is 5.69 Å². The van der Waals surface area contributed by atoms with Crippen LogP contribution in [0.4, 0.5) is 5.69 Å². The third kappa shape index (κ3) is 4.32. The lowest BCUT2D eigenvalue weighted by Gasteiger charge is -2.09. The molecule has 5 nitrogen and oxygen atoms in total. The fourth-order valence-electron chi connectivity index (χ4n) is 2.70. The minimum Gasteiger partial charge on any atom is -0.326 e. The lowest BCUT2D eigenvalue weighted by atomic mass is 10.0. The summed E-state index contributed by atoms with van der Waals surface area (Å²) in [4.78, 5) is 12.0. The van der Waals surface area contributed by atoms with Crippen LogP contribution in [0, 0.1) is 5.92 Å². The number of aromatic nitrogens is 2. The summed E-state index contributed by atoms with van der Waals surface area (Å²) in [6.07, 6.45) is 4.44. The van der Waals surface area contributed by atoms with Gasteiger partial charge in [0.2, 0.25) is 5.91 Å². The molecule has 0 aliphatic carbocycles. The Morgan fingerprint density at radius 1 is 1.36 bits per heavy atom. The lowest BCUT2D eigenvalue weighted by Crippen LogP contribution is -2.15. The van der Waals surface area contributed by atoms with Gasteiger partial charge < -0.3 is 10.6 Å². The van der Waals surface area contributed by atoms with Gasteiger partial charge in [-0.15, -0.1) is 12.4 Å². The van der Waals surface area contributed by atoms with Gasteiger partial charge in [-0.2, -0.15) is 5.10 Å². The first-order valence-electron chi connectivity index (χ1n) is 7.41. The highest BCUT2D eigenvalue weighted by Crippen LogP contribution is 2.21. The summed E-state index contributed by atoms with van der Waals surface area (Å²) in [6, 6.07) is 9.71. The maximum atomic E-state index is 12.0. The molecule has 0 bridgehead atoms. The Kier molecular flexibility index (Phi) is 5.98. The van der Waals surface area contributed by atoms with Crippen molar-refractivity contribution in [1.82, 2.24) is 15.5 Å². The standard InChI is InChI=1S/C16H20N4O.ClH/c21-16(5-4-12-6-8-17-11-12)19-14-3-1-2-13(10-14)15-7-9-18-20-15;/h1-3,7,9-10,12,17H,4-6,8,11H2,(H,18,20)(H,19,21);1H. The monoisotopic (exact) mass is 320 g/mol. The van der Waals surface area contributed by atoms with Gasteiger partial charge in [-0.3, -0.25) is 9.89 Å². The predicted octanol–water partition coefficient (Wildman–Crippen LogP) is 2.83. The van der Waals surface area contributed by atoms with Crippen LogP contribution in [0.5, 0.6) is 0 Å². The SMILES string of the molecule is Cl.O=C(CCC1CCNC1)Nc1cccc(-c2ccn[nH]2)c1. The van der Waals surface area contributed by atoms with E-state index in [1.165, 1.54) is 6.42 Å². The second-order valence-corrected chi connectivity index (χ2v) is 5.50. The van der Waals surface area contributed by atoms with Gasteiger partial charge in [-0.05, 0) is 50.0 Å². The first-order chi connectivity index (χ1) is 10.3. The summed E-state index contributed by atoms with van der Waals surface area (Å²) in [5.74, 6) is 0.732. The molecule has 1 fully saturated rings. The topological polar surface area (TPSA) is 69.8 Å². The van der Waals surface area contributed by atoms with E-state index in [-0.39, 0.29) is 18.3 Å². The molecule has 1 aromatic carbocycles. The van der Waals surface area contributed by atoms with Crippen molar-refractivity contribution in [2.24, 2.45) is 5.92 Å². The van der Waals surface area contributed by atoms with Crippen molar-refractivity contribution in [1.29, 1.82) is 0 Å². The molecule has 2 aromatic rings. The second kappa shape index (κ2) is 7.96. The summed E-state index contributed by atoms with van der Waals surface area (Å²) in [6.45, 7) is 2.13. The summed E-state index contributed by atoms with van der Waals surface area (Å²) < 4.78 is 0.